The van der Waals surface area contributed by atoms with Gasteiger partial charge in [0.25, 0.3) is 0 Å². The molecule has 0 aliphatic carbocycles. The van der Waals surface area contributed by atoms with Gasteiger partial charge in [-0.25, -0.2) is 9.18 Å². The Morgan fingerprint density at radius 3 is 2.21 bits per heavy atom. The first-order valence-electron chi connectivity index (χ1n) is 7.65. The molecule has 2 amide bonds. The Morgan fingerprint density at radius 2 is 1.64 bits per heavy atom. The Kier molecular flexibility index (Phi) is 4.73. The Bertz CT molecular complexity index is 928. The van der Waals surface area contributed by atoms with Gasteiger partial charge in [0.2, 0.25) is 0 Å². The van der Waals surface area contributed by atoms with E-state index in [0.717, 1.165) is 30.3 Å². The highest BCUT2D eigenvalue weighted by molar-refractivity contribution is 6.30. The van der Waals surface area contributed by atoms with Crippen LogP contribution >= 0.6 is 11.6 Å². The van der Waals surface area contributed by atoms with Crippen LogP contribution in [0, 0.1) is 5.82 Å². The summed E-state index contributed by atoms with van der Waals surface area (Å²) in [6.07, 6.45) is -10.7. The van der Waals surface area contributed by atoms with Crippen LogP contribution in [0.1, 0.15) is 11.1 Å². The van der Waals surface area contributed by atoms with E-state index in [0.29, 0.717) is 12.1 Å². The molecule has 0 radical (unpaired) electrons. The maximum Gasteiger partial charge on any atom is 0.420 e. The number of urea groups is 1. The number of rotatable bonds is 2. The van der Waals surface area contributed by atoms with Crippen molar-refractivity contribution in [2.75, 3.05) is 11.9 Å². The van der Waals surface area contributed by atoms with Gasteiger partial charge in [-0.05, 0) is 24.3 Å². The average Bonchev–Trinajstić information content (AvgIpc) is 2.55. The molecule has 1 aliphatic rings. The number of nitrogens with zero attached hydrogens (tertiary/aromatic N) is 1. The van der Waals surface area contributed by atoms with Crippen molar-refractivity contribution in [2.45, 2.75) is 17.9 Å². The lowest BCUT2D eigenvalue weighted by Crippen LogP contribution is -2.64. The summed E-state index contributed by atoms with van der Waals surface area (Å²) in [7, 11) is 0. The monoisotopic (exact) mass is 426 g/mol. The van der Waals surface area contributed by atoms with Gasteiger partial charge >= 0.3 is 18.4 Å². The van der Waals surface area contributed by atoms with Gasteiger partial charge in [0.1, 0.15) is 12.4 Å². The second-order valence-corrected chi connectivity index (χ2v) is 6.45. The zero-order valence-corrected chi connectivity index (χ0v) is 14.4. The maximum absolute atomic E-state index is 14.5. The minimum absolute atomic E-state index is 0.230. The molecule has 0 spiro atoms. The number of benzene rings is 2. The van der Waals surface area contributed by atoms with Crippen molar-refractivity contribution in [3.8, 4) is 0 Å². The maximum atomic E-state index is 14.5. The molecule has 0 saturated carbocycles. The van der Waals surface area contributed by atoms with Gasteiger partial charge in [0.05, 0.1) is 0 Å². The highest BCUT2D eigenvalue weighted by Gasteiger charge is 2.67. The topological polar surface area (TPSA) is 32.3 Å². The Labute approximate surface area is 158 Å². The van der Waals surface area contributed by atoms with Gasteiger partial charge in [-0.2, -0.15) is 26.3 Å². The van der Waals surface area contributed by atoms with Crippen LogP contribution in [-0.4, -0.2) is 29.8 Å². The molecule has 11 heteroatoms. The van der Waals surface area contributed by atoms with Crippen molar-refractivity contribution in [1.82, 2.24) is 4.90 Å². The van der Waals surface area contributed by atoms with Crippen LogP contribution in [0.5, 0.6) is 0 Å². The SMILES string of the molecule is O=C1Nc2ccc(Cl)cc2C(c2ccccc2F)(C(F)(F)F)N1CC(F)(F)F. The summed E-state index contributed by atoms with van der Waals surface area (Å²) >= 11 is 5.78. The number of hydrogen-bond donors (Lipinski definition) is 1. The molecule has 1 atom stereocenters. The molecule has 1 heterocycles. The number of carbonyl (C=O) groups excluding carboxylic acids is 1. The van der Waals surface area contributed by atoms with Crippen molar-refractivity contribution < 1.29 is 35.5 Å². The number of alkyl halides is 6. The Balaban J connectivity index is 2.47. The molecule has 1 unspecified atom stereocenters. The standard InChI is InChI=1S/C17H10ClF7N2O/c18-9-5-6-13-11(7-9)16(17(23,24)25,10-3-1-2-4-12(10)19)27(14(28)26-13)8-15(20,21)22/h1-7H,8H2,(H,26,28). The predicted octanol–water partition coefficient (Wildman–Crippen LogP) is 5.69. The predicted molar refractivity (Wildman–Crippen MR) is 86.5 cm³/mol. The van der Waals surface area contributed by atoms with Crippen molar-refractivity contribution in [3.05, 3.63) is 64.4 Å². The van der Waals surface area contributed by atoms with Crippen molar-refractivity contribution in [2.24, 2.45) is 0 Å². The molecule has 2 aromatic carbocycles. The molecule has 0 bridgehead atoms. The van der Waals surface area contributed by atoms with Gasteiger partial charge in [0.15, 0.2) is 5.54 Å². The van der Waals surface area contributed by atoms with E-state index in [4.69, 9.17) is 11.6 Å². The highest BCUT2D eigenvalue weighted by atomic mass is 35.5. The summed E-state index contributed by atoms with van der Waals surface area (Å²) in [6, 6.07) is 4.74. The molecule has 1 aliphatic heterocycles. The van der Waals surface area contributed by atoms with E-state index < -0.39 is 58.0 Å². The molecule has 150 valence electrons. The normalized spacial score (nSPS) is 20.0. The smallest absolute Gasteiger partial charge is 0.307 e. The van der Waals surface area contributed by atoms with Crippen LogP contribution in [0.4, 0.5) is 41.2 Å². The molecule has 3 nitrogen and oxygen atoms in total. The Morgan fingerprint density at radius 1 is 1.00 bits per heavy atom. The highest BCUT2D eigenvalue weighted by Crippen LogP contribution is 2.54. The van der Waals surface area contributed by atoms with E-state index in [-0.39, 0.29) is 5.02 Å². The van der Waals surface area contributed by atoms with Gasteiger partial charge < -0.3 is 5.32 Å². The number of halogens is 8. The third kappa shape index (κ3) is 3.15. The van der Waals surface area contributed by atoms with Crippen molar-refractivity contribution >= 4 is 23.3 Å². The summed E-state index contributed by atoms with van der Waals surface area (Å²) in [4.78, 5) is 11.9. The van der Waals surface area contributed by atoms with Crippen molar-refractivity contribution in [1.29, 1.82) is 0 Å². The zero-order chi connectivity index (χ0) is 20.9. The van der Waals surface area contributed by atoms with Gasteiger partial charge in [0, 0.05) is 21.8 Å². The number of anilines is 1. The summed E-state index contributed by atoms with van der Waals surface area (Å²) in [6.45, 7) is -2.27. The average molecular weight is 427 g/mol. The van der Waals surface area contributed by atoms with Crippen LogP contribution in [-0.2, 0) is 5.54 Å². The first-order chi connectivity index (χ1) is 12.9. The third-order valence-electron chi connectivity index (χ3n) is 4.27. The van der Waals surface area contributed by atoms with Crippen LogP contribution < -0.4 is 5.32 Å². The van der Waals surface area contributed by atoms with E-state index in [9.17, 15) is 35.5 Å². The lowest BCUT2D eigenvalue weighted by atomic mass is 9.78. The second kappa shape index (κ2) is 6.54. The first-order valence-corrected chi connectivity index (χ1v) is 8.03. The molecule has 28 heavy (non-hydrogen) atoms. The largest absolute Gasteiger partial charge is 0.420 e. The fourth-order valence-corrected chi connectivity index (χ4v) is 3.45. The van der Waals surface area contributed by atoms with Crippen LogP contribution in [0.15, 0.2) is 42.5 Å². The zero-order valence-electron chi connectivity index (χ0n) is 13.6. The van der Waals surface area contributed by atoms with Crippen molar-refractivity contribution in [3.63, 3.8) is 0 Å². The van der Waals surface area contributed by atoms with Crippen LogP contribution in [0.2, 0.25) is 5.02 Å². The molecule has 2 aromatic rings. The fourth-order valence-electron chi connectivity index (χ4n) is 3.28. The van der Waals surface area contributed by atoms with E-state index >= 15 is 0 Å². The molecule has 0 saturated heterocycles. The summed E-state index contributed by atoms with van der Waals surface area (Å²) in [5, 5.41) is 1.75. The number of amides is 2. The Hall–Kier alpha value is -2.49. The van der Waals surface area contributed by atoms with Crippen LogP contribution in [0.3, 0.4) is 0 Å². The summed E-state index contributed by atoms with van der Waals surface area (Å²) < 4.78 is 97.2. The minimum atomic E-state index is -5.52. The molecule has 3 rings (SSSR count). The summed E-state index contributed by atoms with van der Waals surface area (Å²) in [5.41, 5.74) is -6.13. The number of nitrogens with one attached hydrogen (secondary N) is 1. The number of fused-ring (bicyclic) bond motifs is 1. The van der Waals surface area contributed by atoms with E-state index in [1.165, 1.54) is 0 Å². The van der Waals surface area contributed by atoms with E-state index in [2.05, 4.69) is 0 Å². The van der Waals surface area contributed by atoms with Gasteiger partial charge in [-0.3, -0.25) is 4.90 Å². The third-order valence-corrected chi connectivity index (χ3v) is 4.51. The minimum Gasteiger partial charge on any atom is -0.307 e. The van der Waals surface area contributed by atoms with Gasteiger partial charge in [-0.1, -0.05) is 29.8 Å². The summed E-state index contributed by atoms with van der Waals surface area (Å²) in [5.74, 6) is -1.42. The molecule has 0 fully saturated rings. The molecular formula is C17H10ClF7N2O. The van der Waals surface area contributed by atoms with E-state index in [1.807, 2.05) is 5.32 Å². The molecule has 0 aromatic heterocycles. The first kappa shape index (κ1) is 20.2. The van der Waals surface area contributed by atoms with Gasteiger partial charge in [-0.15, -0.1) is 0 Å². The number of carbonyl (C=O) groups is 1. The molecular weight excluding hydrogens is 417 g/mol. The lowest BCUT2D eigenvalue weighted by molar-refractivity contribution is -0.232. The lowest BCUT2D eigenvalue weighted by Gasteiger charge is -2.49. The quantitative estimate of drug-likeness (QED) is 0.614. The fraction of sp³-hybridized carbons (Fsp3) is 0.235. The van der Waals surface area contributed by atoms with E-state index in [1.54, 1.807) is 0 Å². The number of hydrogen-bond acceptors (Lipinski definition) is 1. The van der Waals surface area contributed by atoms with Crippen LogP contribution in [0.25, 0.3) is 0 Å². The second-order valence-electron chi connectivity index (χ2n) is 6.01. The molecule has 1 N–H and O–H groups in total.